The molecule has 1 heterocycles. The third-order valence-electron chi connectivity index (χ3n) is 7.64. The summed E-state index contributed by atoms with van der Waals surface area (Å²) in [6.45, 7) is 0. The molecule has 29 heteroatoms. The van der Waals surface area contributed by atoms with Crippen LogP contribution in [0.1, 0.15) is 37.5 Å². The third kappa shape index (κ3) is 7.27. The number of rotatable bonds is 15. The lowest BCUT2D eigenvalue weighted by atomic mass is 9.89. The van der Waals surface area contributed by atoms with Crippen molar-refractivity contribution in [3.8, 4) is 5.75 Å². The van der Waals surface area contributed by atoms with Gasteiger partial charge in [-0.2, -0.15) is 114 Å². The summed E-state index contributed by atoms with van der Waals surface area (Å²) in [6.07, 6.45) is -34.1. The number of alkyl halides is 26. The number of benzene rings is 1. The first kappa shape index (κ1) is 47.3. The fraction of sp³-hybridized carbons (Fsp3) is 0.760. The minimum absolute atomic E-state index is 0.572. The molecular weight excluding hydrogens is 842 g/mol. The van der Waals surface area contributed by atoms with Crippen molar-refractivity contribution in [2.24, 2.45) is 0 Å². The van der Waals surface area contributed by atoms with Gasteiger partial charge in [-0.1, -0.05) is 12.1 Å². The van der Waals surface area contributed by atoms with E-state index in [4.69, 9.17) is 9.47 Å². The number of phenolic OH excluding ortho intramolecular Hbond substituents is 1. The molecule has 1 fully saturated rings. The fourth-order valence-electron chi connectivity index (χ4n) is 4.43. The van der Waals surface area contributed by atoms with Crippen LogP contribution in [-0.2, 0) is 9.47 Å². The first-order chi connectivity index (χ1) is 23.5. The maximum Gasteiger partial charge on any atom is 0.460 e. The molecule has 2 rings (SSSR count). The second kappa shape index (κ2) is 13.7. The van der Waals surface area contributed by atoms with Gasteiger partial charge in [0.2, 0.25) is 0 Å². The molecule has 0 aliphatic carbocycles. The lowest BCUT2D eigenvalue weighted by Gasteiger charge is -2.40. The van der Waals surface area contributed by atoms with Gasteiger partial charge in [0.15, 0.2) is 6.29 Å². The van der Waals surface area contributed by atoms with Crippen LogP contribution in [0.3, 0.4) is 0 Å². The van der Waals surface area contributed by atoms with Gasteiger partial charge in [-0.15, -0.1) is 0 Å². The molecule has 0 spiro atoms. The monoisotopic (exact) mass is 858 g/mol. The van der Waals surface area contributed by atoms with Crippen molar-refractivity contribution in [3.05, 3.63) is 29.8 Å². The average molecular weight is 858 g/mol. The summed E-state index contributed by atoms with van der Waals surface area (Å²) in [5.74, 6) is -79.8. The van der Waals surface area contributed by atoms with Crippen molar-refractivity contribution in [3.63, 3.8) is 0 Å². The summed E-state index contributed by atoms with van der Waals surface area (Å²) in [4.78, 5) is 0. The van der Waals surface area contributed by atoms with Gasteiger partial charge >= 0.3 is 71.6 Å². The lowest BCUT2D eigenvalue weighted by molar-refractivity contribution is -0.440. The van der Waals surface area contributed by atoms with Crippen molar-refractivity contribution in [1.29, 1.82) is 0 Å². The zero-order valence-electron chi connectivity index (χ0n) is 25.0. The normalized spacial score (nSPS) is 21.2. The number of hydrogen-bond donors (Lipinski definition) is 1. The highest BCUT2D eigenvalue weighted by molar-refractivity contribution is 5.28. The molecule has 3 nitrogen and oxygen atoms in total. The van der Waals surface area contributed by atoms with E-state index >= 15 is 0 Å². The standard InChI is InChI=1S/C25H16F26O3/c26-14(27,16(30,31)18(34,35)20(38,39)22(42,43)24(46,47)48)6-4-11-12(54-13(53-11)9-2-1-3-10(52)8-9)5-7-15(28,29)17(32,33)19(36,37)21(40,41)23(44,45)25(49,50)51/h1-3,8,11-13,52H,4-7H2. The third-order valence-corrected chi connectivity index (χ3v) is 7.64. The summed E-state index contributed by atoms with van der Waals surface area (Å²) in [7, 11) is 0. The largest absolute Gasteiger partial charge is 0.508 e. The van der Waals surface area contributed by atoms with E-state index in [1.165, 1.54) is 0 Å². The second-order valence-electron chi connectivity index (χ2n) is 11.4. The molecule has 2 unspecified atom stereocenters. The van der Waals surface area contributed by atoms with E-state index in [0.717, 1.165) is 18.2 Å². The first-order valence-electron chi connectivity index (χ1n) is 13.5. The van der Waals surface area contributed by atoms with E-state index in [2.05, 4.69) is 0 Å². The molecule has 0 radical (unpaired) electrons. The Balaban J connectivity index is 2.48. The summed E-state index contributed by atoms with van der Waals surface area (Å²) in [5, 5.41) is 9.51. The molecule has 2 atom stereocenters. The van der Waals surface area contributed by atoms with Gasteiger partial charge in [0.05, 0.1) is 12.2 Å². The lowest BCUT2D eigenvalue weighted by Crippen LogP contribution is -2.70. The van der Waals surface area contributed by atoms with Gasteiger partial charge in [0.25, 0.3) is 0 Å². The van der Waals surface area contributed by atoms with Crippen LogP contribution in [0.2, 0.25) is 0 Å². The highest BCUT2D eigenvalue weighted by Crippen LogP contribution is 2.63. The Labute approximate surface area is 281 Å². The Morgan fingerprint density at radius 2 is 0.722 bits per heavy atom. The SMILES string of the molecule is Oc1cccc(C2OC(CCC(F)(F)C(F)(F)C(F)(F)C(F)(F)C(F)(F)C(F)(F)F)C(CCC(F)(F)C(F)(F)C(F)(F)C(F)(F)C(F)(F)C(F)(F)F)O2)c1. The van der Waals surface area contributed by atoms with E-state index in [0.29, 0.717) is 6.07 Å². The molecule has 54 heavy (non-hydrogen) atoms. The number of aromatic hydroxyl groups is 1. The number of phenols is 1. The molecule has 1 aromatic rings. The van der Waals surface area contributed by atoms with Crippen LogP contribution in [0.15, 0.2) is 24.3 Å². The van der Waals surface area contributed by atoms with Crippen LogP contribution in [0, 0.1) is 0 Å². The van der Waals surface area contributed by atoms with Gasteiger partial charge in [-0.25, -0.2) is 0 Å². The molecule has 0 saturated carbocycles. The highest BCUT2D eigenvalue weighted by Gasteiger charge is 2.92. The highest BCUT2D eigenvalue weighted by atomic mass is 19.4. The number of halogens is 26. The van der Waals surface area contributed by atoms with E-state index in [1.807, 2.05) is 0 Å². The van der Waals surface area contributed by atoms with Crippen LogP contribution in [-0.4, -0.2) is 88.9 Å². The van der Waals surface area contributed by atoms with Crippen LogP contribution in [0.4, 0.5) is 114 Å². The number of hydrogen-bond acceptors (Lipinski definition) is 3. The first-order valence-corrected chi connectivity index (χ1v) is 13.5. The van der Waals surface area contributed by atoms with Gasteiger partial charge in [0, 0.05) is 18.4 Å². The minimum atomic E-state index is -8.35. The van der Waals surface area contributed by atoms with Crippen molar-refractivity contribution in [2.75, 3.05) is 0 Å². The maximum atomic E-state index is 14.4. The van der Waals surface area contributed by atoms with Gasteiger partial charge in [-0.3, -0.25) is 0 Å². The average Bonchev–Trinajstić information content (AvgIpc) is 3.40. The Hall–Kier alpha value is -2.88. The van der Waals surface area contributed by atoms with E-state index < -0.39 is 127 Å². The van der Waals surface area contributed by atoms with E-state index in [9.17, 15) is 119 Å². The smallest absolute Gasteiger partial charge is 0.460 e. The Bertz CT molecular complexity index is 1380. The maximum absolute atomic E-state index is 14.4. The zero-order chi connectivity index (χ0) is 43.0. The molecule has 1 N–H and O–H groups in total. The van der Waals surface area contributed by atoms with Gasteiger partial charge < -0.3 is 14.6 Å². The molecule has 1 aliphatic heterocycles. The molecule has 316 valence electrons. The van der Waals surface area contributed by atoms with Crippen molar-refractivity contribution < 1.29 is 129 Å². The molecule has 1 aliphatic rings. The van der Waals surface area contributed by atoms with Crippen LogP contribution < -0.4 is 0 Å². The molecule has 0 aromatic heterocycles. The summed E-state index contributed by atoms with van der Waals surface area (Å²) < 4.78 is 359. The van der Waals surface area contributed by atoms with Crippen LogP contribution in [0.5, 0.6) is 5.75 Å². The van der Waals surface area contributed by atoms with Crippen molar-refractivity contribution in [1.82, 2.24) is 0 Å². The minimum Gasteiger partial charge on any atom is -0.508 e. The molecule has 1 aromatic carbocycles. The Morgan fingerprint density at radius 3 is 1.00 bits per heavy atom. The van der Waals surface area contributed by atoms with Gasteiger partial charge in [0.1, 0.15) is 5.75 Å². The molecular formula is C25H16F26O3. The van der Waals surface area contributed by atoms with Crippen molar-refractivity contribution >= 4 is 0 Å². The van der Waals surface area contributed by atoms with Gasteiger partial charge in [-0.05, 0) is 25.0 Å². The topological polar surface area (TPSA) is 38.7 Å². The van der Waals surface area contributed by atoms with Crippen LogP contribution >= 0.6 is 0 Å². The zero-order valence-corrected chi connectivity index (χ0v) is 25.0. The quantitative estimate of drug-likeness (QED) is 0.179. The Morgan fingerprint density at radius 1 is 0.426 bits per heavy atom. The fourth-order valence-corrected chi connectivity index (χ4v) is 4.43. The predicted molar refractivity (Wildman–Crippen MR) is 121 cm³/mol. The van der Waals surface area contributed by atoms with E-state index in [1.54, 1.807) is 0 Å². The number of ether oxygens (including phenoxy) is 2. The van der Waals surface area contributed by atoms with Crippen LogP contribution in [0.25, 0.3) is 0 Å². The second-order valence-corrected chi connectivity index (χ2v) is 11.4. The van der Waals surface area contributed by atoms with E-state index in [-0.39, 0.29) is 0 Å². The molecule has 1 saturated heterocycles. The summed E-state index contributed by atoms with van der Waals surface area (Å²) in [5.41, 5.74) is -0.599. The summed E-state index contributed by atoms with van der Waals surface area (Å²) in [6, 6.07) is 3.07. The Kier molecular flexibility index (Phi) is 12.0. The summed E-state index contributed by atoms with van der Waals surface area (Å²) >= 11 is 0. The molecule has 0 bridgehead atoms. The molecule has 0 amide bonds. The predicted octanol–water partition coefficient (Wildman–Crippen LogP) is 11.2. The van der Waals surface area contributed by atoms with Crippen molar-refractivity contribution in [2.45, 2.75) is 116 Å².